The van der Waals surface area contributed by atoms with E-state index in [-0.39, 0.29) is 25.2 Å². The highest BCUT2D eigenvalue weighted by atomic mass is 31.2. The number of rotatable bonds is 38. The lowest BCUT2D eigenvalue weighted by molar-refractivity contribution is -0.161. The van der Waals surface area contributed by atoms with Gasteiger partial charge in [0.05, 0.1) is 19.8 Å². The lowest BCUT2D eigenvalue weighted by Crippen LogP contribution is -2.29. The standard InChI is InChI=1S/C44H73O11P/c1-3-5-7-8-9-10-11-12-13-14-15-16-17-20-24-27-31-35-44(49)55-42(39-54-56(50,51)53-37-41(47)36-45)38-52-43(48)34-30-26-23-21-18-19-22-25-29-33-40(46)32-28-6-4-2/h5,7,9-10,12-13,15-16,22,25,29,33,41-42,45,47H,3-4,6,8,11,14,17-21,23-24,26-28,30-32,34-39H2,1-2H3,(H,50,51)/b7-5-,10-9-,13-12-,16-15-,25-22-,33-29+/t41-,42+/m0/s1. The van der Waals surface area contributed by atoms with Crippen molar-refractivity contribution in [3.05, 3.63) is 72.9 Å². The third kappa shape index (κ3) is 38.0. The zero-order valence-electron chi connectivity index (χ0n) is 34.3. The summed E-state index contributed by atoms with van der Waals surface area (Å²) in [5, 5.41) is 18.3. The largest absolute Gasteiger partial charge is 0.472 e. The SMILES string of the molecule is CC/C=C\C/C=C\C/C=C\C/C=C\CCCCCCC(=O)O[C@H](COC(=O)CCCCCCC/C=C\C=C\C(=O)CCCCC)COP(=O)(O)OC[C@@H](O)CO. The highest BCUT2D eigenvalue weighted by Crippen LogP contribution is 2.43. The van der Waals surface area contributed by atoms with E-state index in [9.17, 15) is 28.9 Å². The molecule has 0 saturated carbocycles. The Morgan fingerprint density at radius 3 is 1.77 bits per heavy atom. The summed E-state index contributed by atoms with van der Waals surface area (Å²) >= 11 is 0. The number of aliphatic hydroxyl groups excluding tert-OH is 2. The Balaban J connectivity index is 4.45. The summed E-state index contributed by atoms with van der Waals surface area (Å²) in [5.41, 5.74) is 0. The molecule has 0 aliphatic carbocycles. The molecule has 0 amide bonds. The van der Waals surface area contributed by atoms with Gasteiger partial charge in [-0.25, -0.2) is 4.57 Å². The van der Waals surface area contributed by atoms with Gasteiger partial charge in [0.15, 0.2) is 11.9 Å². The minimum absolute atomic E-state index is 0.135. The zero-order chi connectivity index (χ0) is 41.4. The number of hydrogen-bond acceptors (Lipinski definition) is 10. The molecule has 1 unspecified atom stereocenters. The number of ketones is 1. The number of phosphoric ester groups is 1. The Morgan fingerprint density at radius 1 is 0.607 bits per heavy atom. The smallest absolute Gasteiger partial charge is 0.462 e. The van der Waals surface area contributed by atoms with Crippen LogP contribution in [0.25, 0.3) is 0 Å². The number of unbranched alkanes of at least 4 members (excludes halogenated alkanes) is 11. The van der Waals surface area contributed by atoms with Gasteiger partial charge < -0.3 is 24.6 Å². The monoisotopic (exact) mass is 808 g/mol. The van der Waals surface area contributed by atoms with E-state index in [0.717, 1.165) is 103 Å². The first-order valence-electron chi connectivity index (χ1n) is 20.8. The Morgan fingerprint density at radius 2 is 1.14 bits per heavy atom. The van der Waals surface area contributed by atoms with Crippen LogP contribution in [0, 0.1) is 0 Å². The van der Waals surface area contributed by atoms with Crippen LogP contribution in [0.4, 0.5) is 0 Å². The topological polar surface area (TPSA) is 166 Å². The number of ether oxygens (including phenoxy) is 2. The second-order valence-electron chi connectivity index (χ2n) is 13.7. The maximum atomic E-state index is 12.6. The van der Waals surface area contributed by atoms with E-state index in [1.807, 2.05) is 6.08 Å². The normalized spacial score (nSPS) is 14.5. The minimum Gasteiger partial charge on any atom is -0.462 e. The quantitative estimate of drug-likeness (QED) is 0.0136. The van der Waals surface area contributed by atoms with Gasteiger partial charge in [0.25, 0.3) is 0 Å². The first-order chi connectivity index (χ1) is 27.1. The number of carbonyl (C=O) groups is 3. The zero-order valence-corrected chi connectivity index (χ0v) is 35.2. The summed E-state index contributed by atoms with van der Waals surface area (Å²) < 4.78 is 32.6. The van der Waals surface area contributed by atoms with Crippen LogP contribution in [0.3, 0.4) is 0 Å². The third-order valence-corrected chi connectivity index (χ3v) is 9.27. The number of allylic oxidation sites excluding steroid dienone is 12. The van der Waals surface area contributed by atoms with Gasteiger partial charge in [0.2, 0.25) is 0 Å². The van der Waals surface area contributed by atoms with Crippen molar-refractivity contribution >= 4 is 25.5 Å². The van der Waals surface area contributed by atoms with Crippen LogP contribution in [-0.2, 0) is 37.5 Å². The van der Waals surface area contributed by atoms with E-state index in [1.54, 1.807) is 12.2 Å². The lowest BCUT2D eigenvalue weighted by atomic mass is 10.1. The molecule has 0 heterocycles. The molecule has 0 radical (unpaired) electrons. The van der Waals surface area contributed by atoms with Gasteiger partial charge >= 0.3 is 19.8 Å². The van der Waals surface area contributed by atoms with E-state index in [2.05, 4.69) is 73.1 Å². The van der Waals surface area contributed by atoms with Crippen molar-refractivity contribution in [1.82, 2.24) is 0 Å². The molecule has 0 aliphatic rings. The second-order valence-corrected chi connectivity index (χ2v) is 15.1. The van der Waals surface area contributed by atoms with Gasteiger partial charge in [-0.15, -0.1) is 0 Å². The summed E-state index contributed by atoms with van der Waals surface area (Å²) in [5.74, 6) is -0.859. The Bertz CT molecular complexity index is 1220. The summed E-state index contributed by atoms with van der Waals surface area (Å²) in [4.78, 5) is 46.7. The first-order valence-corrected chi connectivity index (χ1v) is 22.3. The molecule has 12 heteroatoms. The summed E-state index contributed by atoms with van der Waals surface area (Å²) in [6, 6.07) is 0. The fourth-order valence-electron chi connectivity index (χ4n) is 5.08. The van der Waals surface area contributed by atoms with Gasteiger partial charge in [0.1, 0.15) is 12.7 Å². The van der Waals surface area contributed by atoms with Crippen LogP contribution in [0.1, 0.15) is 149 Å². The molecule has 0 aromatic rings. The first kappa shape index (κ1) is 53.1. The van der Waals surface area contributed by atoms with Crippen LogP contribution < -0.4 is 0 Å². The molecule has 11 nitrogen and oxygen atoms in total. The molecule has 0 aromatic heterocycles. The van der Waals surface area contributed by atoms with E-state index in [0.29, 0.717) is 19.3 Å². The molecule has 0 spiro atoms. The van der Waals surface area contributed by atoms with Crippen LogP contribution in [0.5, 0.6) is 0 Å². The van der Waals surface area contributed by atoms with Gasteiger partial charge in [-0.05, 0) is 76.7 Å². The van der Waals surface area contributed by atoms with Crippen LogP contribution in [0.2, 0.25) is 0 Å². The minimum atomic E-state index is -4.65. The number of carbonyl (C=O) groups excluding carboxylic acids is 3. The summed E-state index contributed by atoms with van der Waals surface area (Å²) in [6.07, 6.45) is 39.9. The van der Waals surface area contributed by atoms with Crippen LogP contribution in [0.15, 0.2) is 72.9 Å². The molecule has 0 aromatic carbocycles. The Kier molecular flexibility index (Phi) is 36.9. The highest BCUT2D eigenvalue weighted by Gasteiger charge is 2.27. The summed E-state index contributed by atoms with van der Waals surface area (Å²) in [6.45, 7) is 2.01. The Hall–Kier alpha value is -2.92. The molecular formula is C44H73O11P. The maximum Gasteiger partial charge on any atom is 0.472 e. The van der Waals surface area contributed by atoms with Gasteiger partial charge in [-0.3, -0.25) is 23.4 Å². The van der Waals surface area contributed by atoms with Crippen molar-refractivity contribution < 1.29 is 52.6 Å². The van der Waals surface area contributed by atoms with Gasteiger partial charge in [-0.1, -0.05) is 126 Å². The molecule has 56 heavy (non-hydrogen) atoms. The fraction of sp³-hybridized carbons (Fsp3) is 0.659. The molecular weight excluding hydrogens is 735 g/mol. The average Bonchev–Trinajstić information content (AvgIpc) is 3.18. The van der Waals surface area contributed by atoms with Crippen molar-refractivity contribution in [2.24, 2.45) is 0 Å². The predicted octanol–water partition coefficient (Wildman–Crippen LogP) is 10.1. The number of aliphatic hydroxyl groups is 2. The summed E-state index contributed by atoms with van der Waals surface area (Å²) in [7, 11) is -4.65. The molecule has 320 valence electrons. The average molecular weight is 809 g/mol. The fourth-order valence-corrected chi connectivity index (χ4v) is 5.87. The number of phosphoric acid groups is 1. The van der Waals surface area contributed by atoms with Gasteiger partial charge in [0, 0.05) is 19.3 Å². The Labute approximate surface area is 337 Å². The maximum absolute atomic E-state index is 12.6. The molecule has 0 aliphatic heterocycles. The third-order valence-electron chi connectivity index (χ3n) is 8.32. The number of hydrogen-bond donors (Lipinski definition) is 3. The molecule has 0 rings (SSSR count). The van der Waals surface area contributed by atoms with E-state index in [1.165, 1.54) is 0 Å². The van der Waals surface area contributed by atoms with Crippen LogP contribution in [-0.4, -0.2) is 71.5 Å². The molecule has 3 atom stereocenters. The van der Waals surface area contributed by atoms with Crippen molar-refractivity contribution in [1.29, 1.82) is 0 Å². The predicted molar refractivity (Wildman–Crippen MR) is 224 cm³/mol. The molecule has 0 bridgehead atoms. The lowest BCUT2D eigenvalue weighted by Gasteiger charge is -2.20. The van der Waals surface area contributed by atoms with E-state index in [4.69, 9.17) is 19.1 Å². The molecule has 3 N–H and O–H groups in total. The second kappa shape index (κ2) is 38.9. The number of esters is 2. The van der Waals surface area contributed by atoms with Crippen molar-refractivity contribution in [2.75, 3.05) is 26.4 Å². The van der Waals surface area contributed by atoms with Crippen molar-refractivity contribution in [3.8, 4) is 0 Å². The van der Waals surface area contributed by atoms with E-state index < -0.39 is 51.8 Å². The molecule has 0 fully saturated rings. The van der Waals surface area contributed by atoms with Crippen molar-refractivity contribution in [2.45, 2.75) is 161 Å². The van der Waals surface area contributed by atoms with Crippen LogP contribution >= 0.6 is 7.82 Å². The highest BCUT2D eigenvalue weighted by molar-refractivity contribution is 7.47. The molecule has 0 saturated heterocycles. The van der Waals surface area contributed by atoms with Crippen molar-refractivity contribution in [3.63, 3.8) is 0 Å². The van der Waals surface area contributed by atoms with E-state index >= 15 is 0 Å². The van der Waals surface area contributed by atoms with Gasteiger partial charge in [-0.2, -0.15) is 0 Å².